The fourth-order valence-corrected chi connectivity index (χ4v) is 1.87. The largest absolute Gasteiger partial charge is 0.396 e. The van der Waals surface area contributed by atoms with Gasteiger partial charge in [-0.25, -0.2) is 4.39 Å². The predicted octanol–water partition coefficient (Wildman–Crippen LogP) is 1.84. The highest BCUT2D eigenvalue weighted by molar-refractivity contribution is 6.30. The molecule has 0 bridgehead atoms. The van der Waals surface area contributed by atoms with Crippen molar-refractivity contribution in [3.05, 3.63) is 34.6 Å². The minimum atomic E-state index is -0.325. The second-order valence-electron chi connectivity index (χ2n) is 4.03. The van der Waals surface area contributed by atoms with E-state index in [1.165, 1.54) is 12.1 Å². The maximum absolute atomic E-state index is 13.6. The van der Waals surface area contributed by atoms with E-state index in [0.29, 0.717) is 17.0 Å². The van der Waals surface area contributed by atoms with Gasteiger partial charge >= 0.3 is 0 Å². The molecule has 0 spiro atoms. The molecule has 0 aliphatic carbocycles. The normalized spacial score (nSPS) is 14.6. The number of rotatable bonds is 6. The number of hydrogen-bond donors (Lipinski definition) is 3. The molecule has 0 aliphatic heterocycles. The lowest BCUT2D eigenvalue weighted by Crippen LogP contribution is -2.36. The molecule has 0 heterocycles. The molecule has 0 saturated carbocycles. The van der Waals surface area contributed by atoms with Crippen molar-refractivity contribution in [1.29, 1.82) is 0 Å². The van der Waals surface area contributed by atoms with Crippen LogP contribution in [0.5, 0.6) is 0 Å². The lowest BCUT2D eigenvalue weighted by atomic mass is 10.0. The third kappa shape index (κ3) is 4.24. The minimum absolute atomic E-state index is 0.0620. The van der Waals surface area contributed by atoms with Crippen LogP contribution in [-0.2, 0) is 0 Å². The molecule has 0 amide bonds. The zero-order chi connectivity index (χ0) is 12.8. The molecule has 0 aliphatic rings. The maximum Gasteiger partial charge on any atom is 0.128 e. The Hall–Kier alpha value is -0.680. The molecule has 3 nitrogen and oxygen atoms in total. The van der Waals surface area contributed by atoms with Crippen molar-refractivity contribution < 1.29 is 9.50 Å². The van der Waals surface area contributed by atoms with Gasteiger partial charge in [-0.2, -0.15) is 0 Å². The lowest BCUT2D eigenvalue weighted by Gasteiger charge is -2.22. The summed E-state index contributed by atoms with van der Waals surface area (Å²) in [6.07, 6.45) is 0.596. The third-order valence-electron chi connectivity index (χ3n) is 2.62. The number of aliphatic hydroxyl groups excluding tert-OH is 1. The van der Waals surface area contributed by atoms with Crippen LogP contribution >= 0.6 is 11.6 Å². The van der Waals surface area contributed by atoms with Crippen LogP contribution in [0, 0.1) is 5.82 Å². The topological polar surface area (TPSA) is 58.3 Å². The third-order valence-corrected chi connectivity index (χ3v) is 2.85. The van der Waals surface area contributed by atoms with E-state index < -0.39 is 0 Å². The van der Waals surface area contributed by atoms with Crippen LogP contribution in [0.1, 0.15) is 24.9 Å². The summed E-state index contributed by atoms with van der Waals surface area (Å²) >= 11 is 5.84. The molecule has 0 aromatic heterocycles. The van der Waals surface area contributed by atoms with Crippen molar-refractivity contribution in [2.24, 2.45) is 5.73 Å². The van der Waals surface area contributed by atoms with E-state index in [1.807, 2.05) is 6.92 Å². The molecule has 96 valence electrons. The summed E-state index contributed by atoms with van der Waals surface area (Å²) in [4.78, 5) is 0. The molecular formula is C12H18ClFN2O. The molecule has 0 radical (unpaired) electrons. The summed E-state index contributed by atoms with van der Waals surface area (Å²) in [5.74, 6) is -0.325. The first kappa shape index (κ1) is 14.4. The number of nitrogens with one attached hydrogen (secondary N) is 1. The average molecular weight is 261 g/mol. The summed E-state index contributed by atoms with van der Waals surface area (Å²) in [5, 5.41) is 12.5. The van der Waals surface area contributed by atoms with Crippen molar-refractivity contribution >= 4 is 11.6 Å². The van der Waals surface area contributed by atoms with Gasteiger partial charge in [-0.1, -0.05) is 11.6 Å². The van der Waals surface area contributed by atoms with E-state index in [4.69, 9.17) is 22.4 Å². The zero-order valence-corrected chi connectivity index (χ0v) is 10.5. The van der Waals surface area contributed by atoms with Gasteiger partial charge in [0, 0.05) is 35.8 Å². The summed E-state index contributed by atoms with van der Waals surface area (Å²) in [6.45, 7) is 2.28. The average Bonchev–Trinajstić information content (AvgIpc) is 2.30. The standard InChI is InChI=1S/C12H18ClFN2O/c1-8(4-5-17)16-12(7-15)10-6-9(13)2-3-11(10)14/h2-3,6,8,12,16-17H,4-5,7,15H2,1H3. The Bertz CT molecular complexity index is 362. The fraction of sp³-hybridized carbons (Fsp3) is 0.500. The number of nitrogens with two attached hydrogens (primary N) is 1. The Kier molecular flexibility index (Phi) is 5.85. The molecule has 0 saturated heterocycles. The zero-order valence-electron chi connectivity index (χ0n) is 9.79. The molecule has 0 fully saturated rings. The van der Waals surface area contributed by atoms with Crippen molar-refractivity contribution in [3.8, 4) is 0 Å². The van der Waals surface area contributed by atoms with Crippen LogP contribution < -0.4 is 11.1 Å². The number of halogens is 2. The van der Waals surface area contributed by atoms with Crippen LogP contribution in [0.2, 0.25) is 5.02 Å². The number of aliphatic hydroxyl groups is 1. The molecule has 17 heavy (non-hydrogen) atoms. The Morgan fingerprint density at radius 3 is 2.82 bits per heavy atom. The van der Waals surface area contributed by atoms with Gasteiger partial charge in [-0.05, 0) is 31.5 Å². The Labute approximate surface area is 106 Å². The van der Waals surface area contributed by atoms with E-state index in [0.717, 1.165) is 0 Å². The van der Waals surface area contributed by atoms with Crippen LogP contribution in [0.25, 0.3) is 0 Å². The number of benzene rings is 1. The summed E-state index contributed by atoms with van der Waals surface area (Å²) in [7, 11) is 0. The highest BCUT2D eigenvalue weighted by Crippen LogP contribution is 2.21. The van der Waals surface area contributed by atoms with Crippen molar-refractivity contribution in [2.75, 3.05) is 13.2 Å². The summed E-state index contributed by atoms with van der Waals surface area (Å²) in [6, 6.07) is 4.18. The van der Waals surface area contributed by atoms with Crippen LogP contribution in [0.15, 0.2) is 18.2 Å². The van der Waals surface area contributed by atoms with E-state index >= 15 is 0 Å². The van der Waals surface area contributed by atoms with E-state index in [-0.39, 0.29) is 31.1 Å². The van der Waals surface area contributed by atoms with E-state index in [2.05, 4.69) is 5.32 Å². The molecule has 4 N–H and O–H groups in total. The SMILES string of the molecule is CC(CCO)NC(CN)c1cc(Cl)ccc1F. The van der Waals surface area contributed by atoms with Gasteiger partial charge in [0.05, 0.1) is 0 Å². The van der Waals surface area contributed by atoms with Gasteiger partial charge in [0.15, 0.2) is 0 Å². The van der Waals surface area contributed by atoms with Gasteiger partial charge in [0.1, 0.15) is 5.82 Å². The highest BCUT2D eigenvalue weighted by Gasteiger charge is 2.16. The molecule has 2 atom stereocenters. The molecule has 2 unspecified atom stereocenters. The predicted molar refractivity (Wildman–Crippen MR) is 67.5 cm³/mol. The second-order valence-corrected chi connectivity index (χ2v) is 4.47. The molecule has 1 aromatic carbocycles. The van der Waals surface area contributed by atoms with Crippen molar-refractivity contribution in [1.82, 2.24) is 5.32 Å². The Morgan fingerprint density at radius 2 is 2.24 bits per heavy atom. The highest BCUT2D eigenvalue weighted by atomic mass is 35.5. The maximum atomic E-state index is 13.6. The van der Waals surface area contributed by atoms with Gasteiger partial charge in [0.2, 0.25) is 0 Å². The van der Waals surface area contributed by atoms with Crippen molar-refractivity contribution in [3.63, 3.8) is 0 Å². The quantitative estimate of drug-likeness (QED) is 0.732. The van der Waals surface area contributed by atoms with E-state index in [1.54, 1.807) is 6.07 Å². The van der Waals surface area contributed by atoms with Crippen molar-refractivity contribution in [2.45, 2.75) is 25.4 Å². The first-order valence-corrected chi connectivity index (χ1v) is 5.98. The van der Waals surface area contributed by atoms with Crippen LogP contribution in [0.3, 0.4) is 0 Å². The summed E-state index contributed by atoms with van der Waals surface area (Å²) in [5.41, 5.74) is 6.10. The molecule has 1 aromatic rings. The van der Waals surface area contributed by atoms with Gasteiger partial charge in [-0.3, -0.25) is 0 Å². The smallest absolute Gasteiger partial charge is 0.128 e. The Balaban J connectivity index is 2.82. The fourth-order valence-electron chi connectivity index (χ4n) is 1.69. The van der Waals surface area contributed by atoms with Crippen LogP contribution in [-0.4, -0.2) is 24.3 Å². The van der Waals surface area contributed by atoms with Gasteiger partial charge in [0.25, 0.3) is 0 Å². The second kappa shape index (κ2) is 6.91. The van der Waals surface area contributed by atoms with Crippen LogP contribution in [0.4, 0.5) is 4.39 Å². The summed E-state index contributed by atoms with van der Waals surface area (Å²) < 4.78 is 13.6. The van der Waals surface area contributed by atoms with E-state index in [9.17, 15) is 4.39 Å². The Morgan fingerprint density at radius 1 is 1.53 bits per heavy atom. The van der Waals surface area contributed by atoms with Gasteiger partial charge < -0.3 is 16.2 Å². The monoisotopic (exact) mass is 260 g/mol. The minimum Gasteiger partial charge on any atom is -0.396 e. The first-order chi connectivity index (χ1) is 8.08. The number of hydrogen-bond acceptors (Lipinski definition) is 3. The molecule has 1 rings (SSSR count). The first-order valence-electron chi connectivity index (χ1n) is 5.60. The lowest BCUT2D eigenvalue weighted by molar-refractivity contribution is 0.263. The molecule has 5 heteroatoms. The van der Waals surface area contributed by atoms with Gasteiger partial charge in [-0.15, -0.1) is 0 Å². The molecular weight excluding hydrogens is 243 g/mol.